The number of unbranched alkanes of at least 4 members (excludes halogenated alkanes) is 25. The molecule has 0 heterocycles. The molecule has 6 nitrogen and oxygen atoms in total. The summed E-state index contributed by atoms with van der Waals surface area (Å²) in [6.45, 7) is 6.31. The van der Waals surface area contributed by atoms with Crippen molar-refractivity contribution in [3.63, 3.8) is 0 Å². The minimum Gasteiger partial charge on any atom is -0.462 e. The summed E-state index contributed by atoms with van der Waals surface area (Å²) in [5, 5.41) is 0. The number of rotatable bonds is 59. The predicted octanol–water partition coefficient (Wildman–Crippen LogP) is 23.1. The third-order valence-corrected chi connectivity index (χ3v) is 13.8. The Bertz CT molecular complexity index is 1760. The molecule has 0 saturated heterocycles. The molecule has 81 heavy (non-hydrogen) atoms. The van der Waals surface area contributed by atoms with E-state index in [-0.39, 0.29) is 38.0 Å². The van der Waals surface area contributed by atoms with Gasteiger partial charge in [0, 0.05) is 12.8 Å². The van der Waals surface area contributed by atoms with E-state index < -0.39 is 12.1 Å². The fraction of sp³-hybridized carbons (Fsp3) is 0.640. The molecule has 0 aliphatic rings. The van der Waals surface area contributed by atoms with Crippen molar-refractivity contribution >= 4 is 17.9 Å². The van der Waals surface area contributed by atoms with Crippen LogP contribution in [0.2, 0.25) is 0 Å². The average Bonchev–Trinajstić information content (AvgIpc) is 3.47. The van der Waals surface area contributed by atoms with Crippen molar-refractivity contribution < 1.29 is 28.6 Å². The van der Waals surface area contributed by atoms with E-state index in [4.69, 9.17) is 14.2 Å². The molecular formula is C75H122O6. The van der Waals surface area contributed by atoms with Gasteiger partial charge in [0.25, 0.3) is 0 Å². The van der Waals surface area contributed by atoms with E-state index in [0.717, 1.165) is 122 Å². The molecule has 0 saturated carbocycles. The first-order chi connectivity index (χ1) is 40.0. The fourth-order valence-corrected chi connectivity index (χ4v) is 8.93. The summed E-state index contributed by atoms with van der Waals surface area (Å²) in [5.41, 5.74) is 0. The fourth-order valence-electron chi connectivity index (χ4n) is 8.93. The molecule has 1 unspecified atom stereocenters. The van der Waals surface area contributed by atoms with Crippen molar-refractivity contribution in [3.05, 3.63) is 146 Å². The van der Waals surface area contributed by atoms with Gasteiger partial charge in [-0.3, -0.25) is 14.4 Å². The topological polar surface area (TPSA) is 78.9 Å². The zero-order valence-electron chi connectivity index (χ0n) is 52.5. The van der Waals surface area contributed by atoms with Gasteiger partial charge >= 0.3 is 17.9 Å². The second-order valence-electron chi connectivity index (χ2n) is 21.6. The standard InChI is InChI=1S/C75H122O6/c1-4-7-10-13-16-19-22-25-28-30-32-33-34-35-36-37-38-39-40-41-43-44-47-50-53-56-59-62-65-68-74(77)80-71-72(70-79-73(76)67-64-61-58-55-52-49-46-27-24-21-18-15-12-9-6-3)81-75(78)69-66-63-60-57-54-51-48-45-42-31-29-26-23-20-17-14-11-8-5-2/h8-9,11-12,17-18,20-22,25-27,29-30,32,34-35,42,45-46,52,55,61,64,72H,4-7,10,13-16,19,23-24,28,31,33,36-41,43-44,47-51,53-54,56-60,62-63,65-71H2,1-3H3/b11-8-,12-9-,20-17-,21-18-,25-22-,29-26-,32-30-,35-34-,45-42-,46-27-,55-52-,64-61-. The van der Waals surface area contributed by atoms with Gasteiger partial charge in [-0.25, -0.2) is 0 Å². The van der Waals surface area contributed by atoms with Crippen LogP contribution in [-0.4, -0.2) is 37.2 Å². The van der Waals surface area contributed by atoms with E-state index in [1.165, 1.54) is 128 Å². The molecule has 0 rings (SSSR count). The Morgan fingerprint density at radius 1 is 0.272 bits per heavy atom. The molecule has 0 aromatic rings. The van der Waals surface area contributed by atoms with Crippen LogP contribution in [0.4, 0.5) is 0 Å². The molecule has 0 amide bonds. The van der Waals surface area contributed by atoms with Gasteiger partial charge in [0.05, 0.1) is 6.42 Å². The van der Waals surface area contributed by atoms with Gasteiger partial charge in [-0.15, -0.1) is 0 Å². The molecule has 0 spiro atoms. The molecule has 6 heteroatoms. The molecule has 0 N–H and O–H groups in total. The summed E-state index contributed by atoms with van der Waals surface area (Å²) in [7, 11) is 0. The number of allylic oxidation sites excluding steroid dienone is 23. The molecule has 1 atom stereocenters. The third kappa shape index (κ3) is 66.0. The molecule has 0 aromatic carbocycles. The third-order valence-electron chi connectivity index (χ3n) is 13.8. The summed E-state index contributed by atoms with van der Waals surface area (Å²) in [5.74, 6) is -1.07. The summed E-state index contributed by atoms with van der Waals surface area (Å²) in [6.07, 6.45) is 97.5. The Balaban J connectivity index is 4.38. The first kappa shape index (κ1) is 76.3. The molecule has 0 fully saturated rings. The number of carbonyl (C=O) groups is 3. The highest BCUT2D eigenvalue weighted by molar-refractivity contribution is 5.72. The zero-order valence-corrected chi connectivity index (χ0v) is 52.5. The number of hydrogen-bond acceptors (Lipinski definition) is 6. The monoisotopic (exact) mass is 1120 g/mol. The first-order valence-corrected chi connectivity index (χ1v) is 33.3. The summed E-state index contributed by atoms with van der Waals surface area (Å²) in [6, 6.07) is 0. The van der Waals surface area contributed by atoms with Crippen LogP contribution in [0, 0.1) is 0 Å². The van der Waals surface area contributed by atoms with Gasteiger partial charge in [-0.2, -0.15) is 0 Å². The van der Waals surface area contributed by atoms with Crippen molar-refractivity contribution in [2.45, 2.75) is 297 Å². The van der Waals surface area contributed by atoms with Crippen LogP contribution in [0.25, 0.3) is 0 Å². The van der Waals surface area contributed by atoms with Gasteiger partial charge in [-0.05, 0) is 122 Å². The summed E-state index contributed by atoms with van der Waals surface area (Å²) >= 11 is 0. The molecule has 0 aliphatic carbocycles. The van der Waals surface area contributed by atoms with Crippen LogP contribution >= 0.6 is 0 Å². The predicted molar refractivity (Wildman–Crippen MR) is 352 cm³/mol. The van der Waals surface area contributed by atoms with Gasteiger partial charge in [0.15, 0.2) is 6.10 Å². The Hall–Kier alpha value is -4.71. The second kappa shape index (κ2) is 67.8. The van der Waals surface area contributed by atoms with Crippen molar-refractivity contribution in [3.8, 4) is 0 Å². The maximum atomic E-state index is 12.9. The van der Waals surface area contributed by atoms with Crippen molar-refractivity contribution in [2.24, 2.45) is 0 Å². The Kier molecular flexibility index (Phi) is 63.9. The lowest BCUT2D eigenvalue weighted by atomic mass is 10.0. The minimum atomic E-state index is -0.833. The van der Waals surface area contributed by atoms with Crippen LogP contribution in [0.3, 0.4) is 0 Å². The van der Waals surface area contributed by atoms with Gasteiger partial charge in [0.1, 0.15) is 13.2 Å². The van der Waals surface area contributed by atoms with Crippen molar-refractivity contribution in [2.75, 3.05) is 13.2 Å². The SMILES string of the molecule is CC/C=C\C/C=C\C/C=C\C/C=C\C/C=C\CC(=O)OCC(COC(=O)CCCCCCCCCCCCCCCC/C=C\C/C=C\C/C=C\CCCCCCC)OC(=O)CCCCCCCC/C=C\C/C=C\C/C=C\C/C=C\CC. The van der Waals surface area contributed by atoms with Crippen LogP contribution in [0.15, 0.2) is 146 Å². The van der Waals surface area contributed by atoms with E-state index in [0.29, 0.717) is 6.42 Å². The molecule has 0 aromatic heterocycles. The van der Waals surface area contributed by atoms with Crippen molar-refractivity contribution in [1.82, 2.24) is 0 Å². The quantitative estimate of drug-likeness (QED) is 0.0261. The maximum Gasteiger partial charge on any atom is 0.309 e. The van der Waals surface area contributed by atoms with Crippen LogP contribution in [-0.2, 0) is 28.6 Å². The largest absolute Gasteiger partial charge is 0.462 e. The molecule has 0 bridgehead atoms. The molecule has 0 radical (unpaired) electrons. The zero-order chi connectivity index (χ0) is 58.5. The summed E-state index contributed by atoms with van der Waals surface area (Å²) < 4.78 is 16.8. The second-order valence-corrected chi connectivity index (χ2v) is 21.6. The lowest BCUT2D eigenvalue weighted by molar-refractivity contribution is -0.166. The van der Waals surface area contributed by atoms with E-state index in [9.17, 15) is 14.4 Å². The van der Waals surface area contributed by atoms with Gasteiger partial charge in [-0.1, -0.05) is 295 Å². The van der Waals surface area contributed by atoms with Crippen LogP contribution in [0.5, 0.6) is 0 Å². The highest BCUT2D eigenvalue weighted by atomic mass is 16.6. The number of ether oxygens (including phenoxy) is 3. The number of esters is 3. The van der Waals surface area contributed by atoms with E-state index in [1.807, 2.05) is 6.08 Å². The summed E-state index contributed by atoms with van der Waals surface area (Å²) in [4.78, 5) is 38.3. The average molecular weight is 1120 g/mol. The van der Waals surface area contributed by atoms with E-state index in [2.05, 4.69) is 154 Å². The Morgan fingerprint density at radius 3 is 0.864 bits per heavy atom. The molecule has 458 valence electrons. The normalized spacial score (nSPS) is 13.1. The van der Waals surface area contributed by atoms with E-state index >= 15 is 0 Å². The Labute approximate surface area is 499 Å². The van der Waals surface area contributed by atoms with Crippen LogP contribution < -0.4 is 0 Å². The lowest BCUT2D eigenvalue weighted by Gasteiger charge is -2.18. The molecule has 0 aliphatic heterocycles. The number of hydrogen-bond donors (Lipinski definition) is 0. The van der Waals surface area contributed by atoms with Crippen molar-refractivity contribution in [1.29, 1.82) is 0 Å². The van der Waals surface area contributed by atoms with Gasteiger partial charge in [0.2, 0.25) is 0 Å². The Morgan fingerprint density at radius 2 is 0.531 bits per heavy atom. The highest BCUT2D eigenvalue weighted by Crippen LogP contribution is 2.16. The van der Waals surface area contributed by atoms with E-state index in [1.54, 1.807) is 6.08 Å². The first-order valence-electron chi connectivity index (χ1n) is 33.3. The minimum absolute atomic E-state index is 0.118. The maximum absolute atomic E-state index is 12.9. The lowest BCUT2D eigenvalue weighted by Crippen LogP contribution is -2.30. The van der Waals surface area contributed by atoms with Gasteiger partial charge < -0.3 is 14.2 Å². The molecular weight excluding hydrogens is 997 g/mol. The smallest absolute Gasteiger partial charge is 0.309 e. The number of carbonyl (C=O) groups excluding carboxylic acids is 3. The highest BCUT2D eigenvalue weighted by Gasteiger charge is 2.19. The van der Waals surface area contributed by atoms with Crippen LogP contribution in [0.1, 0.15) is 290 Å².